The van der Waals surface area contributed by atoms with E-state index in [2.05, 4.69) is 0 Å². The van der Waals surface area contributed by atoms with Crippen molar-refractivity contribution < 1.29 is 12.8 Å². The highest BCUT2D eigenvalue weighted by molar-refractivity contribution is 7.93. The van der Waals surface area contributed by atoms with Gasteiger partial charge in [-0.25, -0.2) is 12.8 Å². The Morgan fingerprint density at radius 1 is 1.44 bits per heavy atom. The molecule has 0 aliphatic heterocycles. The molecule has 1 aliphatic rings. The number of hydrogen-bond acceptors (Lipinski definition) is 3. The molecule has 0 amide bonds. The lowest BCUT2D eigenvalue weighted by molar-refractivity contribution is 0.587. The monoisotopic (exact) mass is 259 g/mol. The van der Waals surface area contributed by atoms with Gasteiger partial charge in [-0.15, -0.1) is 0 Å². The summed E-state index contributed by atoms with van der Waals surface area (Å²) in [6, 6.07) is 4.97. The summed E-state index contributed by atoms with van der Waals surface area (Å²) in [7, 11) is -3.73. The summed E-state index contributed by atoms with van der Waals surface area (Å²) >= 11 is 5.51. The number of benzene rings is 1. The van der Waals surface area contributed by atoms with Gasteiger partial charge in [0.1, 0.15) is 5.82 Å². The molecule has 84 valence electrons. The summed E-state index contributed by atoms with van der Waals surface area (Å²) in [6.45, 7) is 0. The maximum absolute atomic E-state index is 12.9. The molecule has 0 unspecified atom stereocenters. The van der Waals surface area contributed by atoms with Gasteiger partial charge in [-0.3, -0.25) is 0 Å². The fourth-order valence-corrected chi connectivity index (χ4v) is 3.40. The van der Waals surface area contributed by atoms with Crippen LogP contribution in [0.4, 0.5) is 4.39 Å². The van der Waals surface area contributed by atoms with Crippen molar-refractivity contribution in [3.05, 3.63) is 29.0 Å². The Labute approximate surface area is 97.4 Å². The van der Waals surface area contributed by atoms with Crippen molar-refractivity contribution in [1.82, 2.24) is 0 Å². The summed E-state index contributed by atoms with van der Waals surface area (Å²) < 4.78 is 35.6. The quantitative estimate of drug-likeness (QED) is 0.766. The molecule has 0 spiro atoms. The normalized spacial score (nSPS) is 17.8. The summed E-state index contributed by atoms with van der Waals surface area (Å²) in [5.74, 6) is -0.678. The second-order valence-corrected chi connectivity index (χ2v) is 6.35. The van der Waals surface area contributed by atoms with Crippen LogP contribution in [0.25, 0.3) is 0 Å². The van der Waals surface area contributed by atoms with Gasteiger partial charge in [0.15, 0.2) is 14.6 Å². The van der Waals surface area contributed by atoms with Crippen LogP contribution >= 0.6 is 11.6 Å². The zero-order valence-corrected chi connectivity index (χ0v) is 9.65. The summed E-state index contributed by atoms with van der Waals surface area (Å²) in [5, 5.41) is 8.59. The van der Waals surface area contributed by atoms with E-state index in [-0.39, 0.29) is 9.92 Å². The first-order valence-electron chi connectivity index (χ1n) is 4.54. The predicted molar refractivity (Wildman–Crippen MR) is 56.2 cm³/mol. The minimum absolute atomic E-state index is 0.0991. The van der Waals surface area contributed by atoms with Crippen molar-refractivity contribution in [2.24, 2.45) is 0 Å². The third kappa shape index (κ3) is 1.49. The van der Waals surface area contributed by atoms with Crippen LogP contribution in [0.5, 0.6) is 0 Å². The predicted octanol–water partition coefficient (Wildman–Crippen LogP) is 2.31. The molecular formula is C10H7ClFNO2S. The van der Waals surface area contributed by atoms with Crippen molar-refractivity contribution in [1.29, 1.82) is 5.26 Å². The molecule has 1 saturated carbocycles. The number of nitrogens with zero attached hydrogens (tertiary/aromatic N) is 1. The molecule has 0 N–H and O–H groups in total. The van der Waals surface area contributed by atoms with E-state index in [4.69, 9.17) is 16.9 Å². The third-order valence-electron chi connectivity index (χ3n) is 2.62. The molecule has 16 heavy (non-hydrogen) atoms. The van der Waals surface area contributed by atoms with Crippen LogP contribution in [0.3, 0.4) is 0 Å². The number of halogens is 2. The van der Waals surface area contributed by atoms with Gasteiger partial charge in [-0.2, -0.15) is 5.26 Å². The van der Waals surface area contributed by atoms with E-state index in [1.54, 1.807) is 6.07 Å². The number of hydrogen-bond donors (Lipinski definition) is 0. The molecule has 1 fully saturated rings. The van der Waals surface area contributed by atoms with Gasteiger partial charge < -0.3 is 0 Å². The Balaban J connectivity index is 2.54. The van der Waals surface area contributed by atoms with Gasteiger partial charge in [0, 0.05) is 0 Å². The van der Waals surface area contributed by atoms with Gasteiger partial charge in [0.05, 0.1) is 16.0 Å². The minimum atomic E-state index is -3.73. The van der Waals surface area contributed by atoms with Gasteiger partial charge in [0.25, 0.3) is 0 Å². The topological polar surface area (TPSA) is 57.9 Å². The molecule has 1 aromatic rings. The van der Waals surface area contributed by atoms with Crippen LogP contribution in [0.2, 0.25) is 5.02 Å². The molecule has 0 bridgehead atoms. The van der Waals surface area contributed by atoms with Gasteiger partial charge in [0.2, 0.25) is 0 Å². The van der Waals surface area contributed by atoms with Gasteiger partial charge in [-0.05, 0) is 31.0 Å². The van der Waals surface area contributed by atoms with Crippen LogP contribution in [-0.2, 0) is 9.84 Å². The number of sulfone groups is 1. The Morgan fingerprint density at radius 3 is 2.50 bits per heavy atom. The lowest BCUT2D eigenvalue weighted by Gasteiger charge is -2.08. The first kappa shape index (κ1) is 11.4. The van der Waals surface area contributed by atoms with Gasteiger partial charge in [-0.1, -0.05) is 11.6 Å². The molecule has 0 aromatic heterocycles. The Bertz CT molecular complexity index is 587. The molecule has 0 atom stereocenters. The first-order chi connectivity index (χ1) is 7.43. The zero-order chi connectivity index (χ0) is 12.0. The molecule has 1 aromatic carbocycles. The van der Waals surface area contributed by atoms with Crippen LogP contribution in [0.1, 0.15) is 12.8 Å². The summed E-state index contributed by atoms with van der Waals surface area (Å²) in [6.07, 6.45) is 0.641. The fraction of sp³-hybridized carbons (Fsp3) is 0.300. The van der Waals surface area contributed by atoms with Crippen LogP contribution < -0.4 is 0 Å². The summed E-state index contributed by atoms with van der Waals surface area (Å²) in [4.78, 5) is -0.0991. The molecule has 2 rings (SSSR count). The Morgan fingerprint density at radius 2 is 2.06 bits per heavy atom. The highest BCUT2D eigenvalue weighted by Crippen LogP contribution is 2.46. The molecule has 1 aliphatic carbocycles. The fourth-order valence-electron chi connectivity index (χ4n) is 1.42. The largest absolute Gasteiger partial charge is 0.222 e. The van der Waals surface area contributed by atoms with E-state index in [1.165, 1.54) is 0 Å². The molecule has 0 saturated heterocycles. The van der Waals surface area contributed by atoms with E-state index in [9.17, 15) is 12.8 Å². The second-order valence-electron chi connectivity index (χ2n) is 3.69. The maximum atomic E-state index is 12.9. The zero-order valence-electron chi connectivity index (χ0n) is 8.07. The molecule has 6 heteroatoms. The Hall–Kier alpha value is -1.12. The molecule has 0 heterocycles. The standard InChI is InChI=1S/C10H7ClFNO2S/c11-8-5-7(1-2-9(8)12)16(14,15)10(6-13)3-4-10/h1-2,5H,3-4H2. The molecule has 0 radical (unpaired) electrons. The van der Waals surface area contributed by atoms with E-state index in [0.29, 0.717) is 12.8 Å². The van der Waals surface area contributed by atoms with Crippen molar-refractivity contribution in [2.75, 3.05) is 0 Å². The highest BCUT2D eigenvalue weighted by Gasteiger charge is 2.56. The van der Waals surface area contributed by atoms with Crippen molar-refractivity contribution in [3.63, 3.8) is 0 Å². The van der Waals surface area contributed by atoms with Gasteiger partial charge >= 0.3 is 0 Å². The third-order valence-corrected chi connectivity index (χ3v) is 5.32. The first-order valence-corrected chi connectivity index (χ1v) is 6.40. The van der Waals surface area contributed by atoms with Crippen LogP contribution in [0, 0.1) is 17.1 Å². The second kappa shape index (κ2) is 3.44. The lowest BCUT2D eigenvalue weighted by atomic mass is 10.3. The van der Waals surface area contributed by atoms with Crippen LogP contribution in [0.15, 0.2) is 23.1 Å². The number of nitriles is 1. The number of rotatable bonds is 2. The Kier molecular flexibility index (Phi) is 2.44. The molecule has 3 nitrogen and oxygen atoms in total. The van der Waals surface area contributed by atoms with E-state index >= 15 is 0 Å². The van der Waals surface area contributed by atoms with Crippen molar-refractivity contribution in [3.8, 4) is 6.07 Å². The lowest BCUT2D eigenvalue weighted by Crippen LogP contribution is -2.21. The average Bonchev–Trinajstić information content (AvgIpc) is 3.02. The molecular weight excluding hydrogens is 253 g/mol. The van der Waals surface area contributed by atoms with E-state index in [1.807, 2.05) is 0 Å². The maximum Gasteiger partial charge on any atom is 0.197 e. The minimum Gasteiger partial charge on any atom is -0.222 e. The van der Waals surface area contributed by atoms with Crippen molar-refractivity contribution in [2.45, 2.75) is 22.5 Å². The van der Waals surface area contributed by atoms with Crippen LogP contribution in [-0.4, -0.2) is 13.2 Å². The van der Waals surface area contributed by atoms with E-state index in [0.717, 1.165) is 18.2 Å². The van der Waals surface area contributed by atoms with E-state index < -0.39 is 20.4 Å². The summed E-state index contributed by atoms with van der Waals surface area (Å²) in [5.41, 5.74) is 0. The SMILES string of the molecule is N#CC1(S(=O)(=O)c2ccc(F)c(Cl)c2)CC1. The smallest absolute Gasteiger partial charge is 0.197 e. The average molecular weight is 260 g/mol. The highest BCUT2D eigenvalue weighted by atomic mass is 35.5. The van der Waals surface area contributed by atoms with Crippen molar-refractivity contribution >= 4 is 21.4 Å².